The van der Waals surface area contributed by atoms with Crippen molar-refractivity contribution in [2.75, 3.05) is 26.2 Å². The first-order valence-corrected chi connectivity index (χ1v) is 12.9. The van der Waals surface area contributed by atoms with E-state index < -0.39 is 11.6 Å². The summed E-state index contributed by atoms with van der Waals surface area (Å²) in [6.45, 7) is 8.03. The zero-order chi connectivity index (χ0) is 27.3. The number of pyridine rings is 1. The second-order valence-electron chi connectivity index (χ2n) is 10.2. The summed E-state index contributed by atoms with van der Waals surface area (Å²) in [5.41, 5.74) is 2.31. The van der Waals surface area contributed by atoms with E-state index in [1.807, 2.05) is 43.3 Å². The highest BCUT2D eigenvalue weighted by atomic mass is 19.4. The largest absolute Gasteiger partial charge is 0.465 e. The molecule has 1 saturated heterocycles. The van der Waals surface area contributed by atoms with Gasteiger partial charge < -0.3 is 4.74 Å². The number of rotatable bonds is 8. The molecular formula is C30H34F3N3O2. The number of alkyl halides is 3. The van der Waals surface area contributed by atoms with Gasteiger partial charge in [0, 0.05) is 45.1 Å². The molecule has 3 aromatic rings. The number of ether oxygens (including phenoxy) is 1. The fourth-order valence-electron chi connectivity index (χ4n) is 4.70. The van der Waals surface area contributed by atoms with Gasteiger partial charge in [-0.25, -0.2) is 0 Å². The smallest absolute Gasteiger partial charge is 0.397 e. The Bertz CT molecular complexity index is 1200. The number of esters is 1. The van der Waals surface area contributed by atoms with Crippen molar-refractivity contribution in [3.05, 3.63) is 89.7 Å². The van der Waals surface area contributed by atoms with Crippen LogP contribution >= 0.6 is 0 Å². The summed E-state index contributed by atoms with van der Waals surface area (Å²) >= 11 is 0. The number of hydrogen-bond donors (Lipinski definition) is 0. The number of hydrogen-bond acceptors (Lipinski definition) is 5. The van der Waals surface area contributed by atoms with E-state index in [1.165, 1.54) is 13.8 Å². The maximum atomic E-state index is 13.4. The number of carbonyl (C=O) groups is 1. The quantitative estimate of drug-likeness (QED) is 0.346. The first kappa shape index (κ1) is 27.8. The predicted octanol–water partition coefficient (Wildman–Crippen LogP) is 5.84. The fourth-order valence-corrected chi connectivity index (χ4v) is 4.70. The zero-order valence-corrected chi connectivity index (χ0v) is 22.0. The summed E-state index contributed by atoms with van der Waals surface area (Å²) in [7, 11) is 0. The van der Waals surface area contributed by atoms with E-state index in [0.29, 0.717) is 19.7 Å². The van der Waals surface area contributed by atoms with Crippen molar-refractivity contribution < 1.29 is 22.7 Å². The molecule has 1 aliphatic heterocycles. The molecule has 202 valence electrons. The topological polar surface area (TPSA) is 45.7 Å². The molecule has 4 rings (SSSR count). The molecule has 0 spiro atoms. The van der Waals surface area contributed by atoms with Crippen LogP contribution in [0, 0.1) is 0 Å². The first-order valence-electron chi connectivity index (χ1n) is 12.9. The molecule has 1 fully saturated rings. The summed E-state index contributed by atoms with van der Waals surface area (Å²) in [6.07, 6.45) is -0.770. The fraction of sp³-hybridized carbons (Fsp3) is 0.400. The number of benzene rings is 2. The molecule has 1 aliphatic rings. The van der Waals surface area contributed by atoms with Crippen molar-refractivity contribution in [3.8, 4) is 11.1 Å². The number of nitrogens with zero attached hydrogens (tertiary/aromatic N) is 3. The SMILES string of the molecule is CCOC(=O)C1CN(Cc2ccncc2)CCN1Cc1ccc(-c2ccc(C(C)(C)C(F)(F)F)cc2)cc1. The van der Waals surface area contributed by atoms with Gasteiger partial charge in [0.25, 0.3) is 0 Å². The third kappa shape index (κ3) is 6.42. The van der Waals surface area contributed by atoms with Crippen molar-refractivity contribution in [3.63, 3.8) is 0 Å². The first-order chi connectivity index (χ1) is 18.1. The van der Waals surface area contributed by atoms with Crippen molar-refractivity contribution >= 4 is 5.97 Å². The number of piperazine rings is 1. The van der Waals surface area contributed by atoms with E-state index in [0.717, 1.165) is 41.9 Å². The van der Waals surface area contributed by atoms with Gasteiger partial charge in [0.1, 0.15) is 6.04 Å². The van der Waals surface area contributed by atoms with Crippen LogP contribution in [0.2, 0.25) is 0 Å². The average Bonchev–Trinajstić information content (AvgIpc) is 2.90. The molecule has 8 heteroatoms. The van der Waals surface area contributed by atoms with E-state index in [9.17, 15) is 18.0 Å². The standard InChI is InChI=1S/C30H34F3N3O2/c1-4-38-28(37)27-21-35(19-23-13-15-34-16-14-23)17-18-36(27)20-22-5-7-24(8-6-22)25-9-11-26(12-10-25)29(2,3)30(31,32)33/h5-16,27H,4,17-21H2,1-3H3. The lowest BCUT2D eigenvalue weighted by Gasteiger charge is -2.40. The number of halogens is 3. The molecule has 1 aromatic heterocycles. The molecule has 0 amide bonds. The van der Waals surface area contributed by atoms with Crippen LogP contribution in [0.15, 0.2) is 73.1 Å². The molecular weight excluding hydrogens is 491 g/mol. The minimum absolute atomic E-state index is 0.217. The summed E-state index contributed by atoms with van der Waals surface area (Å²) in [5, 5.41) is 0. The van der Waals surface area contributed by atoms with E-state index in [1.54, 1.807) is 36.7 Å². The van der Waals surface area contributed by atoms with Crippen LogP contribution in [-0.4, -0.2) is 59.2 Å². The van der Waals surface area contributed by atoms with Gasteiger partial charge in [-0.2, -0.15) is 13.2 Å². The lowest BCUT2D eigenvalue weighted by atomic mass is 9.83. The predicted molar refractivity (Wildman–Crippen MR) is 141 cm³/mol. The lowest BCUT2D eigenvalue weighted by Crippen LogP contribution is -2.56. The molecule has 0 radical (unpaired) electrons. The maximum Gasteiger partial charge on any atom is 0.397 e. The van der Waals surface area contributed by atoms with E-state index in [2.05, 4.69) is 14.8 Å². The number of carbonyl (C=O) groups excluding carboxylic acids is 1. The van der Waals surface area contributed by atoms with Gasteiger partial charge in [-0.05, 0) is 60.7 Å². The van der Waals surface area contributed by atoms with E-state index in [-0.39, 0.29) is 17.6 Å². The third-order valence-electron chi connectivity index (χ3n) is 7.28. The third-order valence-corrected chi connectivity index (χ3v) is 7.28. The van der Waals surface area contributed by atoms with Crippen LogP contribution in [0.3, 0.4) is 0 Å². The van der Waals surface area contributed by atoms with Gasteiger partial charge in [0.15, 0.2) is 0 Å². The van der Waals surface area contributed by atoms with E-state index >= 15 is 0 Å². The van der Waals surface area contributed by atoms with Gasteiger partial charge in [-0.15, -0.1) is 0 Å². The van der Waals surface area contributed by atoms with Crippen LogP contribution in [0.1, 0.15) is 37.5 Å². The van der Waals surface area contributed by atoms with Crippen LogP contribution < -0.4 is 0 Å². The Hall–Kier alpha value is -3.23. The molecule has 2 heterocycles. The molecule has 1 atom stereocenters. The molecule has 0 N–H and O–H groups in total. The second-order valence-corrected chi connectivity index (χ2v) is 10.2. The Morgan fingerprint density at radius 1 is 0.895 bits per heavy atom. The molecule has 0 bridgehead atoms. The van der Waals surface area contributed by atoms with Crippen molar-refractivity contribution in [1.82, 2.24) is 14.8 Å². The molecule has 5 nitrogen and oxygen atoms in total. The van der Waals surface area contributed by atoms with Crippen LogP contribution in [0.25, 0.3) is 11.1 Å². The minimum Gasteiger partial charge on any atom is -0.465 e. The van der Waals surface area contributed by atoms with Crippen molar-refractivity contribution in [2.45, 2.75) is 51.5 Å². The van der Waals surface area contributed by atoms with Crippen LogP contribution in [-0.2, 0) is 28.0 Å². The van der Waals surface area contributed by atoms with E-state index in [4.69, 9.17) is 4.74 Å². The molecule has 38 heavy (non-hydrogen) atoms. The van der Waals surface area contributed by atoms with Crippen molar-refractivity contribution in [1.29, 1.82) is 0 Å². The van der Waals surface area contributed by atoms with Gasteiger partial charge in [-0.3, -0.25) is 19.6 Å². The van der Waals surface area contributed by atoms with Gasteiger partial charge in [-0.1, -0.05) is 48.5 Å². The summed E-state index contributed by atoms with van der Waals surface area (Å²) in [4.78, 5) is 21.3. The Balaban J connectivity index is 1.43. The Morgan fingerprint density at radius 2 is 1.47 bits per heavy atom. The highest BCUT2D eigenvalue weighted by Gasteiger charge is 2.48. The molecule has 1 unspecified atom stereocenters. The summed E-state index contributed by atoms with van der Waals surface area (Å²) in [5.74, 6) is -0.217. The number of aromatic nitrogens is 1. The molecule has 2 aromatic carbocycles. The molecule has 0 saturated carbocycles. The molecule has 0 aliphatic carbocycles. The Kier molecular flexibility index (Phi) is 8.53. The normalized spacial score (nSPS) is 17.4. The van der Waals surface area contributed by atoms with Crippen LogP contribution in [0.4, 0.5) is 13.2 Å². The lowest BCUT2D eigenvalue weighted by molar-refractivity contribution is -0.180. The minimum atomic E-state index is -4.32. The maximum absolute atomic E-state index is 13.4. The second kappa shape index (κ2) is 11.7. The van der Waals surface area contributed by atoms with Gasteiger partial charge >= 0.3 is 12.1 Å². The average molecular weight is 526 g/mol. The van der Waals surface area contributed by atoms with Gasteiger partial charge in [0.05, 0.1) is 12.0 Å². The summed E-state index contributed by atoms with van der Waals surface area (Å²) < 4.78 is 45.5. The summed E-state index contributed by atoms with van der Waals surface area (Å²) in [6, 6.07) is 18.1. The highest BCUT2D eigenvalue weighted by Crippen LogP contribution is 2.40. The Labute approximate surface area is 222 Å². The zero-order valence-electron chi connectivity index (χ0n) is 22.0. The van der Waals surface area contributed by atoms with Crippen LogP contribution in [0.5, 0.6) is 0 Å². The van der Waals surface area contributed by atoms with Crippen molar-refractivity contribution in [2.24, 2.45) is 0 Å². The monoisotopic (exact) mass is 525 g/mol. The van der Waals surface area contributed by atoms with Gasteiger partial charge in [0.2, 0.25) is 0 Å². The highest BCUT2D eigenvalue weighted by molar-refractivity contribution is 5.76. The Morgan fingerprint density at radius 3 is 2.05 bits per heavy atom.